The predicted molar refractivity (Wildman–Crippen MR) is 82.5 cm³/mol. The predicted octanol–water partition coefficient (Wildman–Crippen LogP) is 1.03. The zero-order valence-electron chi connectivity index (χ0n) is 13.5. The fraction of sp³-hybridized carbons (Fsp3) is 0.786. The summed E-state index contributed by atoms with van der Waals surface area (Å²) in [6.45, 7) is 11.6. The number of carbonyl (C=O) groups excluding carboxylic acids is 1. The molecule has 1 rings (SSSR count). The van der Waals surface area contributed by atoms with E-state index in [-0.39, 0.29) is 5.69 Å². The highest BCUT2D eigenvalue weighted by molar-refractivity contribution is 5.91. The normalized spacial score (nSPS) is 11.6. The van der Waals surface area contributed by atoms with Crippen LogP contribution in [-0.2, 0) is 6.54 Å². The first-order chi connectivity index (χ1) is 10.0. The summed E-state index contributed by atoms with van der Waals surface area (Å²) in [6, 6.07) is 0.586. The van der Waals surface area contributed by atoms with Crippen LogP contribution in [0.1, 0.15) is 51.0 Å². The lowest BCUT2D eigenvalue weighted by Crippen LogP contribution is -2.39. The van der Waals surface area contributed by atoms with Crippen molar-refractivity contribution in [1.29, 1.82) is 0 Å². The molecule has 0 aliphatic rings. The topological polar surface area (TPSA) is 89.1 Å². The van der Waals surface area contributed by atoms with Gasteiger partial charge in [0.25, 0.3) is 5.91 Å². The molecule has 7 heteroatoms. The molecule has 0 saturated heterocycles. The maximum atomic E-state index is 11.3. The molecule has 0 spiro atoms. The molecule has 0 radical (unpaired) electrons. The lowest BCUT2D eigenvalue weighted by molar-refractivity contribution is 0.0948. The minimum absolute atomic E-state index is 0.246. The number of hydrazine groups is 1. The van der Waals surface area contributed by atoms with Gasteiger partial charge in [0.15, 0.2) is 5.69 Å². The number of nitrogen functional groups attached to an aromatic ring is 1. The molecule has 120 valence electrons. The second-order valence-electron chi connectivity index (χ2n) is 5.70. The Labute approximate surface area is 126 Å². The van der Waals surface area contributed by atoms with E-state index in [0.29, 0.717) is 18.5 Å². The van der Waals surface area contributed by atoms with Crippen molar-refractivity contribution in [3.8, 4) is 0 Å². The van der Waals surface area contributed by atoms with Crippen LogP contribution >= 0.6 is 0 Å². The summed E-state index contributed by atoms with van der Waals surface area (Å²) in [5.74, 6) is 5.29. The van der Waals surface area contributed by atoms with E-state index >= 15 is 0 Å². The van der Waals surface area contributed by atoms with Gasteiger partial charge in [-0.3, -0.25) is 19.8 Å². The third-order valence-corrected chi connectivity index (χ3v) is 3.58. The zero-order chi connectivity index (χ0) is 15.8. The fourth-order valence-corrected chi connectivity index (χ4v) is 2.51. The van der Waals surface area contributed by atoms with Crippen LogP contribution < -0.4 is 11.3 Å². The second kappa shape index (κ2) is 8.74. The molecular formula is C14H28N6O. The van der Waals surface area contributed by atoms with Gasteiger partial charge in [0.2, 0.25) is 0 Å². The van der Waals surface area contributed by atoms with Gasteiger partial charge < -0.3 is 0 Å². The van der Waals surface area contributed by atoms with Crippen molar-refractivity contribution in [2.45, 2.75) is 53.1 Å². The van der Waals surface area contributed by atoms with E-state index in [9.17, 15) is 4.79 Å². The Kier molecular flexibility index (Phi) is 7.31. The maximum absolute atomic E-state index is 11.3. The summed E-state index contributed by atoms with van der Waals surface area (Å²) in [4.78, 5) is 13.8. The van der Waals surface area contributed by atoms with Gasteiger partial charge in [-0.2, -0.15) is 0 Å². The first kappa shape index (κ1) is 17.6. The Morgan fingerprint density at radius 3 is 2.62 bits per heavy atom. The van der Waals surface area contributed by atoms with Crippen LogP contribution in [0.15, 0.2) is 6.20 Å². The highest BCUT2D eigenvalue weighted by atomic mass is 16.2. The van der Waals surface area contributed by atoms with E-state index in [1.54, 1.807) is 10.9 Å². The summed E-state index contributed by atoms with van der Waals surface area (Å²) in [7, 11) is 0. The summed E-state index contributed by atoms with van der Waals surface area (Å²) in [5.41, 5.74) is 2.30. The van der Waals surface area contributed by atoms with Crippen molar-refractivity contribution in [2.24, 2.45) is 11.8 Å². The molecule has 0 aliphatic carbocycles. The number of rotatable bonds is 9. The molecule has 21 heavy (non-hydrogen) atoms. The van der Waals surface area contributed by atoms with Gasteiger partial charge in [0, 0.05) is 19.1 Å². The Balaban J connectivity index is 2.63. The standard InChI is InChI=1S/C14H28N6O/c1-5-12(6-2)19(9-11(3)4)7-8-20-10-13(17-18-20)14(21)16-15/h10-12H,5-9,15H2,1-4H3,(H,16,21). The molecule has 1 heterocycles. The van der Waals surface area contributed by atoms with Gasteiger partial charge in [-0.25, -0.2) is 5.84 Å². The van der Waals surface area contributed by atoms with Crippen molar-refractivity contribution in [3.63, 3.8) is 0 Å². The van der Waals surface area contributed by atoms with Crippen molar-refractivity contribution >= 4 is 5.91 Å². The average molecular weight is 296 g/mol. The fourth-order valence-electron chi connectivity index (χ4n) is 2.51. The number of amides is 1. The number of hydrogen-bond donors (Lipinski definition) is 2. The van der Waals surface area contributed by atoms with E-state index < -0.39 is 5.91 Å². The lowest BCUT2D eigenvalue weighted by Gasteiger charge is -2.31. The molecular weight excluding hydrogens is 268 g/mol. The number of aromatic nitrogens is 3. The highest BCUT2D eigenvalue weighted by Gasteiger charge is 2.17. The molecule has 0 unspecified atom stereocenters. The maximum Gasteiger partial charge on any atom is 0.287 e. The Morgan fingerprint density at radius 2 is 2.10 bits per heavy atom. The van der Waals surface area contributed by atoms with Crippen LogP contribution in [0.3, 0.4) is 0 Å². The number of nitrogens with two attached hydrogens (primary N) is 1. The van der Waals surface area contributed by atoms with Gasteiger partial charge in [0.05, 0.1) is 12.7 Å². The molecule has 1 amide bonds. The van der Waals surface area contributed by atoms with Crippen molar-refractivity contribution in [3.05, 3.63) is 11.9 Å². The zero-order valence-corrected chi connectivity index (χ0v) is 13.5. The Morgan fingerprint density at radius 1 is 1.43 bits per heavy atom. The van der Waals surface area contributed by atoms with Crippen molar-refractivity contribution < 1.29 is 4.79 Å². The average Bonchev–Trinajstić information content (AvgIpc) is 2.93. The minimum atomic E-state index is -0.416. The summed E-state index contributed by atoms with van der Waals surface area (Å²) >= 11 is 0. The quantitative estimate of drug-likeness (QED) is 0.403. The molecule has 1 aromatic heterocycles. The molecule has 7 nitrogen and oxygen atoms in total. The van der Waals surface area contributed by atoms with Crippen LogP contribution in [0.2, 0.25) is 0 Å². The first-order valence-corrected chi connectivity index (χ1v) is 7.66. The summed E-state index contributed by atoms with van der Waals surface area (Å²) in [5, 5.41) is 7.78. The van der Waals surface area contributed by atoms with Crippen LogP contribution in [0, 0.1) is 5.92 Å². The molecule has 1 aromatic rings. The van der Waals surface area contributed by atoms with Gasteiger partial charge >= 0.3 is 0 Å². The molecule has 0 fully saturated rings. The largest absolute Gasteiger partial charge is 0.298 e. The van der Waals surface area contributed by atoms with E-state index in [2.05, 4.69) is 48.3 Å². The highest BCUT2D eigenvalue weighted by Crippen LogP contribution is 2.11. The third-order valence-electron chi connectivity index (χ3n) is 3.58. The van der Waals surface area contributed by atoms with Crippen LogP contribution in [0.5, 0.6) is 0 Å². The minimum Gasteiger partial charge on any atom is -0.298 e. The molecule has 0 saturated carbocycles. The van der Waals surface area contributed by atoms with E-state index in [1.807, 2.05) is 0 Å². The van der Waals surface area contributed by atoms with Gasteiger partial charge in [-0.1, -0.05) is 32.9 Å². The Bertz CT molecular complexity index is 427. The van der Waals surface area contributed by atoms with Gasteiger partial charge in [0.1, 0.15) is 0 Å². The van der Waals surface area contributed by atoms with Crippen LogP contribution in [0.4, 0.5) is 0 Å². The van der Waals surface area contributed by atoms with Crippen LogP contribution in [-0.4, -0.2) is 44.9 Å². The molecule has 0 bridgehead atoms. The number of nitrogens with one attached hydrogen (secondary N) is 1. The monoisotopic (exact) mass is 296 g/mol. The molecule has 0 aliphatic heterocycles. The van der Waals surface area contributed by atoms with Crippen molar-refractivity contribution in [2.75, 3.05) is 13.1 Å². The summed E-state index contributed by atoms with van der Waals surface area (Å²) < 4.78 is 1.69. The van der Waals surface area contributed by atoms with Crippen molar-refractivity contribution in [1.82, 2.24) is 25.3 Å². The SMILES string of the molecule is CCC(CC)N(CCn1cc(C(=O)NN)nn1)CC(C)C. The summed E-state index contributed by atoms with van der Waals surface area (Å²) in [6.07, 6.45) is 3.91. The second-order valence-corrected chi connectivity index (χ2v) is 5.70. The van der Waals surface area contributed by atoms with E-state index in [0.717, 1.165) is 25.9 Å². The number of nitrogens with zero attached hydrogens (tertiary/aromatic N) is 4. The lowest BCUT2D eigenvalue weighted by atomic mass is 10.1. The smallest absolute Gasteiger partial charge is 0.287 e. The van der Waals surface area contributed by atoms with E-state index in [1.165, 1.54) is 0 Å². The van der Waals surface area contributed by atoms with Gasteiger partial charge in [-0.15, -0.1) is 5.10 Å². The molecule has 0 aromatic carbocycles. The van der Waals surface area contributed by atoms with Crippen LogP contribution in [0.25, 0.3) is 0 Å². The third kappa shape index (κ3) is 5.43. The Hall–Kier alpha value is -1.47. The molecule has 3 N–H and O–H groups in total. The number of carbonyl (C=O) groups is 1. The van der Waals surface area contributed by atoms with Gasteiger partial charge in [-0.05, 0) is 18.8 Å². The number of hydrogen-bond acceptors (Lipinski definition) is 5. The van der Waals surface area contributed by atoms with E-state index in [4.69, 9.17) is 5.84 Å². The first-order valence-electron chi connectivity index (χ1n) is 7.66. The molecule has 0 atom stereocenters.